The topological polar surface area (TPSA) is 72.2 Å². The zero-order chi connectivity index (χ0) is 11.1. The lowest BCUT2D eigenvalue weighted by molar-refractivity contribution is 0.560. The van der Waals surface area contributed by atoms with E-state index in [0.29, 0.717) is 5.69 Å². The molecule has 1 atom stereocenters. The summed E-state index contributed by atoms with van der Waals surface area (Å²) in [6.45, 7) is 0. The van der Waals surface area contributed by atoms with Crippen LogP contribution in [-0.4, -0.2) is 14.7 Å². The molecule has 0 heterocycles. The maximum atomic E-state index is 11.1. The predicted octanol–water partition coefficient (Wildman–Crippen LogP) is 0.805. The molecule has 0 aromatic heterocycles. The third kappa shape index (κ3) is 2.30. The van der Waals surface area contributed by atoms with E-state index >= 15 is 0 Å². The lowest BCUT2D eigenvalue weighted by atomic mass is 10.1. The monoisotopic (exact) mass is 226 g/mol. The Labute approximate surface area is 89.5 Å². The fourth-order valence-corrected chi connectivity index (χ4v) is 2.76. The molecule has 1 aliphatic rings. The van der Waals surface area contributed by atoms with Crippen LogP contribution in [0, 0.1) is 0 Å². The standard InChI is InChI=1S/C10H14N2O2S/c1-15(13,14)12-10-5-3-7-2-4-8(11)6-9(7)10/h2,4,6,10,12H,3,5,11H2,1H3/t10-/m0/s1. The quantitative estimate of drug-likeness (QED) is 0.733. The zero-order valence-electron chi connectivity index (χ0n) is 8.53. The summed E-state index contributed by atoms with van der Waals surface area (Å²) >= 11 is 0. The van der Waals surface area contributed by atoms with Crippen molar-refractivity contribution < 1.29 is 8.42 Å². The number of fused-ring (bicyclic) bond motifs is 1. The highest BCUT2D eigenvalue weighted by Gasteiger charge is 2.24. The number of hydrogen-bond donors (Lipinski definition) is 2. The van der Waals surface area contributed by atoms with Crippen molar-refractivity contribution in [2.75, 3.05) is 12.0 Å². The Morgan fingerprint density at radius 1 is 1.47 bits per heavy atom. The summed E-state index contributed by atoms with van der Waals surface area (Å²) in [5, 5.41) is 0. The first kappa shape index (κ1) is 10.4. The second-order valence-electron chi connectivity index (χ2n) is 3.94. The minimum Gasteiger partial charge on any atom is -0.399 e. The van der Waals surface area contributed by atoms with E-state index in [2.05, 4.69) is 4.72 Å². The summed E-state index contributed by atoms with van der Waals surface area (Å²) in [7, 11) is -3.15. The highest BCUT2D eigenvalue weighted by atomic mass is 32.2. The van der Waals surface area contributed by atoms with Gasteiger partial charge >= 0.3 is 0 Å². The van der Waals surface area contributed by atoms with Crippen molar-refractivity contribution in [1.82, 2.24) is 4.72 Å². The van der Waals surface area contributed by atoms with E-state index in [9.17, 15) is 8.42 Å². The van der Waals surface area contributed by atoms with Crippen LogP contribution in [0.1, 0.15) is 23.6 Å². The number of aryl methyl sites for hydroxylation is 1. The Balaban J connectivity index is 2.32. The number of anilines is 1. The number of rotatable bonds is 2. The van der Waals surface area contributed by atoms with E-state index in [1.165, 1.54) is 11.8 Å². The molecule has 0 unspecified atom stereocenters. The van der Waals surface area contributed by atoms with Gasteiger partial charge in [-0.1, -0.05) is 6.07 Å². The largest absolute Gasteiger partial charge is 0.399 e. The van der Waals surface area contributed by atoms with Crippen LogP contribution >= 0.6 is 0 Å². The van der Waals surface area contributed by atoms with Crippen LogP contribution in [0.5, 0.6) is 0 Å². The number of hydrogen-bond acceptors (Lipinski definition) is 3. The van der Waals surface area contributed by atoms with Crippen LogP contribution in [0.25, 0.3) is 0 Å². The van der Waals surface area contributed by atoms with Crippen molar-refractivity contribution in [2.45, 2.75) is 18.9 Å². The van der Waals surface area contributed by atoms with Gasteiger partial charge in [0.2, 0.25) is 10.0 Å². The number of sulfonamides is 1. The van der Waals surface area contributed by atoms with Gasteiger partial charge in [-0.2, -0.15) is 0 Å². The molecule has 0 fully saturated rings. The molecule has 1 aromatic rings. The predicted molar refractivity (Wildman–Crippen MR) is 59.9 cm³/mol. The molecule has 0 amide bonds. The summed E-state index contributed by atoms with van der Waals surface area (Å²) < 4.78 is 24.9. The summed E-state index contributed by atoms with van der Waals surface area (Å²) in [6.07, 6.45) is 2.89. The van der Waals surface area contributed by atoms with Gasteiger partial charge in [0.05, 0.1) is 6.26 Å². The van der Waals surface area contributed by atoms with Gasteiger partial charge in [0, 0.05) is 11.7 Å². The minimum absolute atomic E-state index is 0.113. The van der Waals surface area contributed by atoms with Crippen molar-refractivity contribution in [1.29, 1.82) is 0 Å². The molecular weight excluding hydrogens is 212 g/mol. The first-order valence-corrected chi connectivity index (χ1v) is 6.70. The van der Waals surface area contributed by atoms with Gasteiger partial charge in [0.25, 0.3) is 0 Å². The average molecular weight is 226 g/mol. The zero-order valence-corrected chi connectivity index (χ0v) is 9.34. The third-order valence-electron chi connectivity index (χ3n) is 2.60. The van der Waals surface area contributed by atoms with Crippen LogP contribution in [-0.2, 0) is 16.4 Å². The normalized spacial score (nSPS) is 20.2. The first-order chi connectivity index (χ1) is 6.96. The molecule has 3 N–H and O–H groups in total. The number of nitrogens with one attached hydrogen (secondary N) is 1. The van der Waals surface area contributed by atoms with E-state index in [4.69, 9.17) is 5.73 Å². The van der Waals surface area contributed by atoms with Crippen LogP contribution in [0.3, 0.4) is 0 Å². The molecule has 0 saturated heterocycles. The van der Waals surface area contributed by atoms with Crippen molar-refractivity contribution in [3.63, 3.8) is 0 Å². The minimum atomic E-state index is -3.15. The maximum Gasteiger partial charge on any atom is 0.209 e. The molecule has 4 nitrogen and oxygen atoms in total. The van der Waals surface area contributed by atoms with E-state index in [-0.39, 0.29) is 6.04 Å². The SMILES string of the molecule is CS(=O)(=O)N[C@H]1CCc2ccc(N)cc21. The van der Waals surface area contributed by atoms with Gasteiger partial charge in [-0.25, -0.2) is 13.1 Å². The van der Waals surface area contributed by atoms with Gasteiger partial charge in [-0.3, -0.25) is 0 Å². The summed E-state index contributed by atoms with van der Waals surface area (Å²) in [5.74, 6) is 0. The summed E-state index contributed by atoms with van der Waals surface area (Å²) in [6, 6.07) is 5.56. The van der Waals surface area contributed by atoms with Gasteiger partial charge in [-0.15, -0.1) is 0 Å². The van der Waals surface area contributed by atoms with Gasteiger partial charge < -0.3 is 5.73 Å². The second kappa shape index (κ2) is 3.50. The third-order valence-corrected chi connectivity index (χ3v) is 3.32. The van der Waals surface area contributed by atoms with Crippen LogP contribution < -0.4 is 10.5 Å². The van der Waals surface area contributed by atoms with Gasteiger partial charge in [0.15, 0.2) is 0 Å². The van der Waals surface area contributed by atoms with Crippen LogP contribution in [0.2, 0.25) is 0 Å². The average Bonchev–Trinajstić information content (AvgIpc) is 2.46. The molecule has 0 saturated carbocycles. The second-order valence-corrected chi connectivity index (χ2v) is 5.72. The van der Waals surface area contributed by atoms with Crippen molar-refractivity contribution in [3.05, 3.63) is 29.3 Å². The molecule has 1 aliphatic carbocycles. The Hall–Kier alpha value is -1.07. The molecule has 82 valence electrons. The summed E-state index contributed by atoms with van der Waals surface area (Å²) in [4.78, 5) is 0. The van der Waals surface area contributed by atoms with Gasteiger partial charge in [0.1, 0.15) is 0 Å². The number of nitrogens with two attached hydrogens (primary N) is 1. The molecule has 5 heteroatoms. The van der Waals surface area contributed by atoms with Crippen molar-refractivity contribution in [2.24, 2.45) is 0 Å². The number of nitrogen functional groups attached to an aromatic ring is 1. The molecule has 0 aliphatic heterocycles. The van der Waals surface area contributed by atoms with E-state index in [1.807, 2.05) is 18.2 Å². The molecule has 0 bridgehead atoms. The molecule has 15 heavy (non-hydrogen) atoms. The van der Waals surface area contributed by atoms with E-state index in [0.717, 1.165) is 18.4 Å². The lowest BCUT2D eigenvalue weighted by Crippen LogP contribution is -2.25. The molecule has 2 rings (SSSR count). The fraction of sp³-hybridized carbons (Fsp3) is 0.400. The van der Waals surface area contributed by atoms with Crippen molar-refractivity contribution in [3.8, 4) is 0 Å². The van der Waals surface area contributed by atoms with Crippen molar-refractivity contribution >= 4 is 15.7 Å². The molecule has 0 radical (unpaired) electrons. The Morgan fingerprint density at radius 2 is 2.20 bits per heavy atom. The fourth-order valence-electron chi connectivity index (χ4n) is 2.00. The highest BCUT2D eigenvalue weighted by Crippen LogP contribution is 2.32. The Morgan fingerprint density at radius 3 is 2.87 bits per heavy atom. The van der Waals surface area contributed by atoms with E-state index < -0.39 is 10.0 Å². The highest BCUT2D eigenvalue weighted by molar-refractivity contribution is 7.88. The first-order valence-electron chi connectivity index (χ1n) is 4.81. The van der Waals surface area contributed by atoms with E-state index in [1.54, 1.807) is 0 Å². The Kier molecular flexibility index (Phi) is 2.44. The number of benzene rings is 1. The smallest absolute Gasteiger partial charge is 0.209 e. The van der Waals surface area contributed by atoms with Crippen LogP contribution in [0.4, 0.5) is 5.69 Å². The molecule has 0 spiro atoms. The van der Waals surface area contributed by atoms with Gasteiger partial charge in [-0.05, 0) is 36.1 Å². The summed E-state index contributed by atoms with van der Waals surface area (Å²) in [5.41, 5.74) is 8.56. The molecular formula is C10H14N2O2S. The van der Waals surface area contributed by atoms with Crippen LogP contribution in [0.15, 0.2) is 18.2 Å². The lowest BCUT2D eigenvalue weighted by Gasteiger charge is -2.12. The Bertz CT molecular complexity index is 482. The maximum absolute atomic E-state index is 11.1. The molecule has 1 aromatic carbocycles.